The summed E-state index contributed by atoms with van der Waals surface area (Å²) in [5.74, 6) is -0.599. The lowest BCUT2D eigenvalue weighted by molar-refractivity contribution is -0.120. The summed E-state index contributed by atoms with van der Waals surface area (Å²) < 4.78 is 2.01. The SMILES string of the molecule is NC1C(=O)Cn2c(c(C3CCCCC3)c3ccc(C(=O)O)cc32)-c2ccccc21. The molecule has 29 heavy (non-hydrogen) atoms. The van der Waals surface area contributed by atoms with E-state index in [2.05, 4.69) is 0 Å². The van der Waals surface area contributed by atoms with E-state index in [4.69, 9.17) is 5.73 Å². The van der Waals surface area contributed by atoms with Crippen molar-refractivity contribution in [3.8, 4) is 11.3 Å². The zero-order valence-electron chi connectivity index (χ0n) is 16.2. The number of nitrogens with zero attached hydrogens (tertiary/aromatic N) is 1. The van der Waals surface area contributed by atoms with Crippen LogP contribution >= 0.6 is 0 Å². The van der Waals surface area contributed by atoms with Gasteiger partial charge in [0.2, 0.25) is 0 Å². The first-order chi connectivity index (χ1) is 14.1. The Morgan fingerprint density at radius 3 is 2.59 bits per heavy atom. The molecule has 5 rings (SSSR count). The second-order valence-electron chi connectivity index (χ2n) is 8.25. The summed E-state index contributed by atoms with van der Waals surface area (Å²) >= 11 is 0. The average molecular weight is 388 g/mol. The number of hydrogen-bond acceptors (Lipinski definition) is 3. The molecule has 2 aromatic carbocycles. The number of benzene rings is 2. The molecule has 0 spiro atoms. The van der Waals surface area contributed by atoms with Crippen molar-refractivity contribution in [3.05, 3.63) is 59.2 Å². The minimum atomic E-state index is -0.960. The molecule has 3 aromatic rings. The molecule has 1 fully saturated rings. The smallest absolute Gasteiger partial charge is 0.335 e. The van der Waals surface area contributed by atoms with E-state index in [0.717, 1.165) is 40.6 Å². The van der Waals surface area contributed by atoms with Crippen LogP contribution in [0.1, 0.15) is 65.5 Å². The number of ketones is 1. The van der Waals surface area contributed by atoms with Crippen molar-refractivity contribution in [2.45, 2.75) is 50.6 Å². The number of carbonyl (C=O) groups is 2. The molecule has 0 radical (unpaired) electrons. The first-order valence-electron chi connectivity index (χ1n) is 10.3. The topological polar surface area (TPSA) is 85.3 Å². The minimum absolute atomic E-state index is 0.0518. The van der Waals surface area contributed by atoms with E-state index >= 15 is 0 Å². The quantitative estimate of drug-likeness (QED) is 0.670. The Hall–Kier alpha value is -2.92. The molecular weight excluding hydrogens is 364 g/mol. The van der Waals surface area contributed by atoms with Crippen molar-refractivity contribution >= 4 is 22.7 Å². The van der Waals surface area contributed by atoms with Crippen molar-refractivity contribution in [2.75, 3.05) is 0 Å². The van der Waals surface area contributed by atoms with Gasteiger partial charge in [-0.05, 0) is 42.0 Å². The second kappa shape index (κ2) is 6.85. The van der Waals surface area contributed by atoms with Gasteiger partial charge in [0.05, 0.1) is 29.4 Å². The van der Waals surface area contributed by atoms with Crippen LogP contribution in [-0.4, -0.2) is 21.4 Å². The van der Waals surface area contributed by atoms with Gasteiger partial charge < -0.3 is 15.4 Å². The first-order valence-corrected chi connectivity index (χ1v) is 10.3. The Morgan fingerprint density at radius 1 is 1.07 bits per heavy atom. The predicted molar refractivity (Wildman–Crippen MR) is 112 cm³/mol. The van der Waals surface area contributed by atoms with Crippen LogP contribution in [0.2, 0.25) is 0 Å². The van der Waals surface area contributed by atoms with Crippen LogP contribution in [0.3, 0.4) is 0 Å². The molecule has 2 heterocycles. The Balaban J connectivity index is 1.88. The summed E-state index contributed by atoms with van der Waals surface area (Å²) in [6.45, 7) is 0.164. The Bertz CT molecular complexity index is 1140. The van der Waals surface area contributed by atoms with Gasteiger partial charge in [-0.3, -0.25) is 4.79 Å². The number of nitrogens with two attached hydrogens (primary N) is 1. The monoisotopic (exact) mass is 388 g/mol. The minimum Gasteiger partial charge on any atom is -0.478 e. The van der Waals surface area contributed by atoms with Gasteiger partial charge in [0.1, 0.15) is 0 Å². The fourth-order valence-corrected chi connectivity index (χ4v) is 5.18. The molecule has 1 aromatic heterocycles. The highest BCUT2D eigenvalue weighted by Crippen LogP contribution is 2.46. The summed E-state index contributed by atoms with van der Waals surface area (Å²) in [6, 6.07) is 12.5. The van der Waals surface area contributed by atoms with Crippen molar-refractivity contribution in [1.82, 2.24) is 4.57 Å². The van der Waals surface area contributed by atoms with Gasteiger partial charge in [-0.2, -0.15) is 0 Å². The number of carboxylic acids is 1. The number of Topliss-reactive ketones (excluding diaryl/α,β-unsaturated/α-hetero) is 1. The number of rotatable bonds is 2. The number of aromatic carboxylic acids is 1. The number of carbonyl (C=O) groups excluding carboxylic acids is 1. The largest absolute Gasteiger partial charge is 0.478 e. The lowest BCUT2D eigenvalue weighted by Crippen LogP contribution is -2.23. The second-order valence-corrected chi connectivity index (χ2v) is 8.25. The van der Waals surface area contributed by atoms with Crippen LogP contribution in [0, 0.1) is 0 Å². The van der Waals surface area contributed by atoms with Crippen LogP contribution in [0.5, 0.6) is 0 Å². The molecule has 5 heteroatoms. The van der Waals surface area contributed by atoms with E-state index in [-0.39, 0.29) is 17.9 Å². The molecule has 0 amide bonds. The highest BCUT2D eigenvalue weighted by atomic mass is 16.4. The van der Waals surface area contributed by atoms with E-state index in [9.17, 15) is 14.7 Å². The molecule has 0 bridgehead atoms. The first kappa shape index (κ1) is 18.1. The molecule has 1 aliphatic heterocycles. The van der Waals surface area contributed by atoms with E-state index in [1.165, 1.54) is 24.8 Å². The maximum Gasteiger partial charge on any atom is 0.335 e. The highest BCUT2D eigenvalue weighted by molar-refractivity contribution is 6.01. The van der Waals surface area contributed by atoms with Gasteiger partial charge in [0.25, 0.3) is 0 Å². The molecule has 0 saturated heterocycles. The Labute approximate surface area is 169 Å². The molecule has 5 nitrogen and oxygen atoms in total. The average Bonchev–Trinajstić information content (AvgIpc) is 3.01. The molecule has 3 N–H and O–H groups in total. The van der Waals surface area contributed by atoms with E-state index < -0.39 is 12.0 Å². The van der Waals surface area contributed by atoms with Gasteiger partial charge in [0, 0.05) is 10.9 Å². The van der Waals surface area contributed by atoms with Crippen molar-refractivity contribution in [3.63, 3.8) is 0 Å². The standard InChI is InChI=1S/C24H24N2O3/c25-22-16-8-4-5-9-17(16)23-21(14-6-2-1-3-7-14)18-11-10-15(24(28)29)12-19(18)26(23)13-20(22)27/h4-5,8-12,14,22H,1-3,6-7,13,25H2,(H,28,29). The van der Waals surface area contributed by atoms with Crippen molar-refractivity contribution in [2.24, 2.45) is 5.73 Å². The molecular formula is C24H24N2O3. The summed E-state index contributed by atoms with van der Waals surface area (Å²) in [6.07, 6.45) is 5.89. The van der Waals surface area contributed by atoms with E-state index in [0.29, 0.717) is 5.92 Å². The van der Waals surface area contributed by atoms with Crippen LogP contribution < -0.4 is 5.73 Å². The number of carboxylic acid groups (broad SMARTS) is 1. The van der Waals surface area contributed by atoms with E-state index in [1.807, 2.05) is 34.9 Å². The Kier molecular flexibility index (Phi) is 4.28. The van der Waals surface area contributed by atoms with Crippen LogP contribution in [0.4, 0.5) is 0 Å². The Morgan fingerprint density at radius 2 is 1.83 bits per heavy atom. The van der Waals surface area contributed by atoms with Gasteiger partial charge in [-0.1, -0.05) is 49.6 Å². The predicted octanol–water partition coefficient (Wildman–Crippen LogP) is 4.64. The van der Waals surface area contributed by atoms with E-state index in [1.54, 1.807) is 12.1 Å². The third-order valence-electron chi connectivity index (χ3n) is 6.58. The zero-order chi connectivity index (χ0) is 20.1. The number of hydrogen-bond donors (Lipinski definition) is 2. The third kappa shape index (κ3) is 2.80. The van der Waals surface area contributed by atoms with Crippen molar-refractivity contribution in [1.29, 1.82) is 0 Å². The molecule has 2 aliphatic rings. The molecule has 1 saturated carbocycles. The van der Waals surface area contributed by atoms with Gasteiger partial charge >= 0.3 is 5.97 Å². The summed E-state index contributed by atoms with van der Waals surface area (Å²) in [5, 5.41) is 10.6. The lowest BCUT2D eigenvalue weighted by atomic mass is 9.81. The normalized spacial score (nSPS) is 19.6. The van der Waals surface area contributed by atoms with Crippen LogP contribution in [0.25, 0.3) is 22.2 Å². The zero-order valence-corrected chi connectivity index (χ0v) is 16.2. The number of aromatic nitrogens is 1. The molecule has 1 atom stereocenters. The summed E-state index contributed by atoms with van der Waals surface area (Å²) in [4.78, 5) is 24.5. The lowest BCUT2D eigenvalue weighted by Gasteiger charge is -2.24. The van der Waals surface area contributed by atoms with Crippen LogP contribution in [0.15, 0.2) is 42.5 Å². The maximum absolute atomic E-state index is 12.9. The molecule has 148 valence electrons. The van der Waals surface area contributed by atoms with Gasteiger partial charge in [-0.25, -0.2) is 4.79 Å². The van der Waals surface area contributed by atoms with Gasteiger partial charge in [-0.15, -0.1) is 0 Å². The van der Waals surface area contributed by atoms with Crippen LogP contribution in [-0.2, 0) is 11.3 Å². The number of fused-ring (bicyclic) bond motifs is 5. The summed E-state index contributed by atoms with van der Waals surface area (Å²) in [5.41, 5.74) is 11.5. The van der Waals surface area contributed by atoms with Crippen molar-refractivity contribution < 1.29 is 14.7 Å². The third-order valence-corrected chi connectivity index (χ3v) is 6.58. The highest BCUT2D eigenvalue weighted by Gasteiger charge is 2.33. The fourth-order valence-electron chi connectivity index (χ4n) is 5.18. The fraction of sp³-hybridized carbons (Fsp3) is 0.333. The maximum atomic E-state index is 12.9. The molecule has 1 aliphatic carbocycles. The molecule has 1 unspecified atom stereocenters. The van der Waals surface area contributed by atoms with Gasteiger partial charge in [0.15, 0.2) is 5.78 Å². The summed E-state index contributed by atoms with van der Waals surface area (Å²) in [7, 11) is 0.